The second-order valence-corrected chi connectivity index (χ2v) is 8.48. The van der Waals surface area contributed by atoms with E-state index in [1.807, 2.05) is 56.9 Å². The number of nitrogens with zero attached hydrogens (tertiary/aromatic N) is 3. The lowest BCUT2D eigenvalue weighted by Gasteiger charge is -2.35. The molecule has 0 radical (unpaired) electrons. The Morgan fingerprint density at radius 3 is 2.67 bits per heavy atom. The third kappa shape index (κ3) is 5.31. The van der Waals surface area contributed by atoms with E-state index in [0.29, 0.717) is 18.3 Å². The minimum absolute atomic E-state index is 0.0651. The first-order valence-corrected chi connectivity index (χ1v) is 9.80. The van der Waals surface area contributed by atoms with Crippen LogP contribution in [0.4, 0.5) is 4.79 Å². The minimum atomic E-state index is -0.286. The fraction of sp³-hybridized carbons (Fsp3) is 0.571. The van der Waals surface area contributed by atoms with E-state index in [1.54, 1.807) is 0 Å². The molecule has 1 aromatic heterocycles. The summed E-state index contributed by atoms with van der Waals surface area (Å²) >= 11 is 0. The van der Waals surface area contributed by atoms with Crippen LogP contribution in [0.5, 0.6) is 0 Å². The van der Waals surface area contributed by atoms with Crippen molar-refractivity contribution in [2.75, 3.05) is 0 Å². The topological polar surface area (TPSA) is 71.3 Å². The van der Waals surface area contributed by atoms with E-state index in [2.05, 4.69) is 15.5 Å². The molecule has 0 spiro atoms. The lowest BCUT2D eigenvalue weighted by Crippen LogP contribution is -2.52. The van der Waals surface area contributed by atoms with Crippen LogP contribution in [0, 0.1) is 6.92 Å². The third-order valence-corrected chi connectivity index (χ3v) is 4.81. The number of aryl methyl sites for hydroxylation is 1. The second kappa shape index (κ2) is 8.11. The predicted octanol–water partition coefficient (Wildman–Crippen LogP) is 4.69. The largest absolute Gasteiger partial charge is 0.337 e. The van der Waals surface area contributed by atoms with Crippen LogP contribution in [0.2, 0.25) is 0 Å². The first kappa shape index (κ1) is 19.4. The second-order valence-electron chi connectivity index (χ2n) is 8.48. The molecule has 27 heavy (non-hydrogen) atoms. The molecule has 0 saturated heterocycles. The van der Waals surface area contributed by atoms with E-state index in [4.69, 9.17) is 4.52 Å². The van der Waals surface area contributed by atoms with Gasteiger partial charge in [0.1, 0.15) is 6.54 Å². The molecule has 1 heterocycles. The molecular formula is C21H30N4O2. The highest BCUT2D eigenvalue weighted by Crippen LogP contribution is 2.25. The number of rotatable bonds is 4. The van der Waals surface area contributed by atoms with Gasteiger partial charge in [0, 0.05) is 17.1 Å². The van der Waals surface area contributed by atoms with Gasteiger partial charge in [0.2, 0.25) is 11.7 Å². The zero-order chi connectivity index (χ0) is 19.4. The fourth-order valence-electron chi connectivity index (χ4n) is 3.52. The van der Waals surface area contributed by atoms with Crippen LogP contribution < -0.4 is 5.32 Å². The molecule has 1 aliphatic rings. The molecule has 1 aliphatic carbocycles. The van der Waals surface area contributed by atoms with Gasteiger partial charge in [0.15, 0.2) is 0 Å². The van der Waals surface area contributed by atoms with Crippen LogP contribution in [0.25, 0.3) is 11.4 Å². The molecular weight excluding hydrogens is 340 g/mol. The zero-order valence-electron chi connectivity index (χ0n) is 16.8. The van der Waals surface area contributed by atoms with Gasteiger partial charge >= 0.3 is 6.03 Å². The maximum absolute atomic E-state index is 12.9. The molecule has 2 aromatic rings. The SMILES string of the molecule is Cc1cccc(-c2noc(CN(C(=O)NC(C)(C)C)C3CCCCC3)n2)c1. The Morgan fingerprint density at radius 1 is 1.26 bits per heavy atom. The van der Waals surface area contributed by atoms with E-state index < -0.39 is 0 Å². The van der Waals surface area contributed by atoms with E-state index in [1.165, 1.54) is 6.42 Å². The highest BCUT2D eigenvalue weighted by atomic mass is 16.5. The Bertz CT molecular complexity index is 772. The van der Waals surface area contributed by atoms with Gasteiger partial charge in [0.05, 0.1) is 0 Å². The number of carbonyl (C=O) groups excluding carboxylic acids is 1. The average Bonchev–Trinajstić information content (AvgIpc) is 3.07. The van der Waals surface area contributed by atoms with Gasteiger partial charge in [-0.05, 0) is 46.6 Å². The van der Waals surface area contributed by atoms with Crippen molar-refractivity contribution in [3.05, 3.63) is 35.7 Å². The molecule has 0 unspecified atom stereocenters. The summed E-state index contributed by atoms with van der Waals surface area (Å²) in [6.45, 7) is 8.35. The smallest absolute Gasteiger partial charge is 0.318 e. The molecule has 1 saturated carbocycles. The quantitative estimate of drug-likeness (QED) is 0.848. The van der Waals surface area contributed by atoms with Crippen LogP contribution in [0.3, 0.4) is 0 Å². The van der Waals surface area contributed by atoms with Gasteiger partial charge in [-0.2, -0.15) is 4.98 Å². The van der Waals surface area contributed by atoms with Crippen LogP contribution in [0.15, 0.2) is 28.8 Å². The summed E-state index contributed by atoms with van der Waals surface area (Å²) in [6.07, 6.45) is 5.60. The van der Waals surface area contributed by atoms with Gasteiger partial charge in [-0.15, -0.1) is 0 Å². The summed E-state index contributed by atoms with van der Waals surface area (Å²) in [6, 6.07) is 8.16. The Labute approximate surface area is 161 Å². The first-order chi connectivity index (χ1) is 12.8. The van der Waals surface area contributed by atoms with Crippen molar-refractivity contribution in [3.63, 3.8) is 0 Å². The average molecular weight is 370 g/mol. The summed E-state index contributed by atoms with van der Waals surface area (Å²) in [7, 11) is 0. The standard InChI is InChI=1S/C21H30N4O2/c1-15-9-8-10-16(13-15)19-22-18(27-24-19)14-25(17-11-6-5-7-12-17)20(26)23-21(2,3)4/h8-10,13,17H,5-7,11-12,14H2,1-4H3,(H,23,26). The Hall–Kier alpha value is -2.37. The van der Waals surface area contributed by atoms with E-state index in [9.17, 15) is 4.79 Å². The zero-order valence-corrected chi connectivity index (χ0v) is 16.8. The maximum atomic E-state index is 12.9. The van der Waals surface area contributed by atoms with E-state index in [0.717, 1.165) is 36.8 Å². The van der Waals surface area contributed by atoms with Crippen molar-refractivity contribution in [1.29, 1.82) is 0 Å². The molecule has 1 aromatic carbocycles. The number of hydrogen-bond acceptors (Lipinski definition) is 4. The summed E-state index contributed by atoms with van der Waals surface area (Å²) in [5.74, 6) is 1.04. The monoisotopic (exact) mass is 370 g/mol. The van der Waals surface area contributed by atoms with Crippen molar-refractivity contribution in [1.82, 2.24) is 20.4 Å². The Balaban J connectivity index is 1.78. The highest BCUT2D eigenvalue weighted by Gasteiger charge is 2.29. The number of amides is 2. The number of carbonyl (C=O) groups is 1. The van der Waals surface area contributed by atoms with Gasteiger partial charge < -0.3 is 14.7 Å². The lowest BCUT2D eigenvalue weighted by atomic mass is 9.94. The lowest BCUT2D eigenvalue weighted by molar-refractivity contribution is 0.134. The molecule has 0 aliphatic heterocycles. The Kier molecular flexibility index (Phi) is 5.82. The van der Waals surface area contributed by atoms with E-state index >= 15 is 0 Å². The van der Waals surface area contributed by atoms with Crippen molar-refractivity contribution in [3.8, 4) is 11.4 Å². The van der Waals surface area contributed by atoms with Crippen molar-refractivity contribution in [2.24, 2.45) is 0 Å². The third-order valence-electron chi connectivity index (χ3n) is 4.81. The number of nitrogens with one attached hydrogen (secondary N) is 1. The van der Waals surface area contributed by atoms with Gasteiger partial charge in [-0.1, -0.05) is 48.2 Å². The fourth-order valence-corrected chi connectivity index (χ4v) is 3.52. The molecule has 2 amide bonds. The number of hydrogen-bond donors (Lipinski definition) is 1. The Morgan fingerprint density at radius 2 is 2.00 bits per heavy atom. The van der Waals surface area contributed by atoms with Crippen LogP contribution in [-0.2, 0) is 6.54 Å². The van der Waals surface area contributed by atoms with Crippen molar-refractivity contribution < 1.29 is 9.32 Å². The minimum Gasteiger partial charge on any atom is -0.337 e. The van der Waals surface area contributed by atoms with Crippen molar-refractivity contribution in [2.45, 2.75) is 77.9 Å². The number of aromatic nitrogens is 2. The molecule has 0 atom stereocenters. The van der Waals surface area contributed by atoms with Gasteiger partial charge in [-0.25, -0.2) is 4.79 Å². The number of benzene rings is 1. The van der Waals surface area contributed by atoms with Gasteiger partial charge in [0.25, 0.3) is 0 Å². The maximum Gasteiger partial charge on any atom is 0.318 e. The molecule has 0 bridgehead atoms. The molecule has 6 nitrogen and oxygen atoms in total. The molecule has 6 heteroatoms. The van der Waals surface area contributed by atoms with Crippen LogP contribution >= 0.6 is 0 Å². The molecule has 1 N–H and O–H groups in total. The summed E-state index contributed by atoms with van der Waals surface area (Å²) in [5, 5.41) is 7.20. The first-order valence-electron chi connectivity index (χ1n) is 9.80. The summed E-state index contributed by atoms with van der Waals surface area (Å²) in [5.41, 5.74) is 1.78. The predicted molar refractivity (Wildman–Crippen MR) is 105 cm³/mol. The number of urea groups is 1. The van der Waals surface area contributed by atoms with Crippen LogP contribution in [-0.4, -0.2) is 32.7 Å². The van der Waals surface area contributed by atoms with Crippen LogP contribution in [0.1, 0.15) is 64.3 Å². The van der Waals surface area contributed by atoms with E-state index in [-0.39, 0.29) is 17.6 Å². The summed E-state index contributed by atoms with van der Waals surface area (Å²) < 4.78 is 5.48. The molecule has 146 valence electrons. The summed E-state index contributed by atoms with van der Waals surface area (Å²) in [4.78, 5) is 19.3. The van der Waals surface area contributed by atoms with Gasteiger partial charge in [-0.3, -0.25) is 0 Å². The van der Waals surface area contributed by atoms with Crippen molar-refractivity contribution >= 4 is 6.03 Å². The molecule has 1 fully saturated rings. The molecule has 3 rings (SSSR count). The highest BCUT2D eigenvalue weighted by molar-refractivity contribution is 5.75. The normalized spacial score (nSPS) is 15.6.